The molecule has 1 saturated carbocycles. The maximum Gasteiger partial charge on any atom is 0.138 e. The molecule has 0 saturated heterocycles. The summed E-state index contributed by atoms with van der Waals surface area (Å²) in [5.41, 5.74) is 0. The van der Waals surface area contributed by atoms with E-state index in [1.807, 2.05) is 5.38 Å². The number of hydrogen-bond acceptors (Lipinski definition) is 5. The molecule has 1 N–H and O–H groups in total. The van der Waals surface area contributed by atoms with Gasteiger partial charge in [-0.15, -0.1) is 11.3 Å². The van der Waals surface area contributed by atoms with E-state index in [1.165, 1.54) is 25.7 Å². The summed E-state index contributed by atoms with van der Waals surface area (Å²) in [5, 5.41) is 6.51. The quantitative estimate of drug-likeness (QED) is 0.853. The van der Waals surface area contributed by atoms with Crippen LogP contribution in [-0.2, 0) is 4.74 Å². The van der Waals surface area contributed by atoms with E-state index in [0.29, 0.717) is 12.0 Å². The SMILES string of the molecule is C[C@H]1CCCC[C@H]1OCCNc1ncnc2sccc12. The minimum absolute atomic E-state index is 0.442. The highest BCUT2D eigenvalue weighted by Crippen LogP contribution is 2.26. The monoisotopic (exact) mass is 291 g/mol. The van der Waals surface area contributed by atoms with Gasteiger partial charge in [0.05, 0.1) is 18.1 Å². The number of anilines is 1. The van der Waals surface area contributed by atoms with E-state index < -0.39 is 0 Å². The van der Waals surface area contributed by atoms with Gasteiger partial charge in [-0.2, -0.15) is 0 Å². The zero-order valence-electron chi connectivity index (χ0n) is 11.8. The Morgan fingerprint density at radius 3 is 3.15 bits per heavy atom. The highest BCUT2D eigenvalue weighted by atomic mass is 32.1. The van der Waals surface area contributed by atoms with Gasteiger partial charge < -0.3 is 10.1 Å². The summed E-state index contributed by atoms with van der Waals surface area (Å²) in [4.78, 5) is 9.59. The summed E-state index contributed by atoms with van der Waals surface area (Å²) in [6.07, 6.45) is 7.24. The Morgan fingerprint density at radius 2 is 2.25 bits per heavy atom. The standard InChI is InChI=1S/C15H21N3OS/c1-11-4-2-3-5-13(11)19-8-7-16-14-12-6-9-20-15(12)18-10-17-14/h6,9-11,13H,2-5,7-8H2,1H3,(H,16,17,18)/t11-,13+/m0/s1. The van der Waals surface area contributed by atoms with Crippen LogP contribution in [0.3, 0.4) is 0 Å². The van der Waals surface area contributed by atoms with Crippen molar-refractivity contribution in [3.8, 4) is 0 Å². The third kappa shape index (κ3) is 3.10. The lowest BCUT2D eigenvalue weighted by atomic mass is 9.88. The third-order valence-corrected chi connectivity index (χ3v) is 4.84. The lowest BCUT2D eigenvalue weighted by Gasteiger charge is -2.28. The van der Waals surface area contributed by atoms with Gasteiger partial charge in [-0.25, -0.2) is 9.97 Å². The topological polar surface area (TPSA) is 47.0 Å². The first-order chi connectivity index (χ1) is 9.84. The molecule has 4 nitrogen and oxygen atoms in total. The van der Waals surface area contributed by atoms with Crippen molar-refractivity contribution in [1.29, 1.82) is 0 Å². The van der Waals surface area contributed by atoms with Gasteiger partial charge in [0, 0.05) is 6.54 Å². The molecule has 0 radical (unpaired) electrons. The lowest BCUT2D eigenvalue weighted by molar-refractivity contribution is 0.000380. The fraction of sp³-hybridized carbons (Fsp3) is 0.600. The molecule has 1 fully saturated rings. The minimum atomic E-state index is 0.442. The zero-order valence-corrected chi connectivity index (χ0v) is 12.7. The molecular formula is C15H21N3OS. The molecule has 20 heavy (non-hydrogen) atoms. The first-order valence-electron chi connectivity index (χ1n) is 7.38. The van der Waals surface area contributed by atoms with Gasteiger partial charge >= 0.3 is 0 Å². The molecule has 108 valence electrons. The molecule has 2 aromatic rings. The molecule has 2 aromatic heterocycles. The van der Waals surface area contributed by atoms with E-state index >= 15 is 0 Å². The lowest BCUT2D eigenvalue weighted by Crippen LogP contribution is -2.27. The molecule has 2 heterocycles. The molecule has 0 aliphatic heterocycles. The molecule has 0 aromatic carbocycles. The Hall–Kier alpha value is -1.20. The molecule has 0 spiro atoms. The fourth-order valence-corrected chi connectivity index (χ4v) is 3.57. The van der Waals surface area contributed by atoms with E-state index in [2.05, 4.69) is 28.3 Å². The summed E-state index contributed by atoms with van der Waals surface area (Å²) in [6, 6.07) is 2.06. The number of nitrogens with zero attached hydrogens (tertiary/aromatic N) is 2. The van der Waals surface area contributed by atoms with Crippen LogP contribution in [0.25, 0.3) is 10.2 Å². The van der Waals surface area contributed by atoms with Gasteiger partial charge in [-0.05, 0) is 30.2 Å². The van der Waals surface area contributed by atoms with Gasteiger partial charge in [-0.1, -0.05) is 19.8 Å². The number of hydrogen-bond donors (Lipinski definition) is 1. The van der Waals surface area contributed by atoms with Crippen molar-refractivity contribution in [2.24, 2.45) is 5.92 Å². The zero-order chi connectivity index (χ0) is 13.8. The normalized spacial score (nSPS) is 23.1. The Morgan fingerprint density at radius 1 is 1.35 bits per heavy atom. The minimum Gasteiger partial charge on any atom is -0.376 e. The number of aromatic nitrogens is 2. The van der Waals surface area contributed by atoms with Crippen LogP contribution in [0.5, 0.6) is 0 Å². The van der Waals surface area contributed by atoms with Crippen molar-refractivity contribution in [2.45, 2.75) is 38.7 Å². The Bertz CT molecular complexity index is 557. The van der Waals surface area contributed by atoms with Crippen molar-refractivity contribution in [1.82, 2.24) is 9.97 Å². The van der Waals surface area contributed by atoms with Crippen LogP contribution in [0.1, 0.15) is 32.6 Å². The van der Waals surface area contributed by atoms with Crippen LogP contribution in [-0.4, -0.2) is 29.2 Å². The van der Waals surface area contributed by atoms with Crippen molar-refractivity contribution < 1.29 is 4.74 Å². The molecule has 1 aliphatic rings. The summed E-state index contributed by atoms with van der Waals surface area (Å²) >= 11 is 1.64. The molecular weight excluding hydrogens is 270 g/mol. The summed E-state index contributed by atoms with van der Waals surface area (Å²) < 4.78 is 6.01. The Labute approximate surface area is 123 Å². The predicted octanol–water partition coefficient (Wildman–Crippen LogP) is 3.70. The highest BCUT2D eigenvalue weighted by Gasteiger charge is 2.21. The van der Waals surface area contributed by atoms with Gasteiger partial charge in [0.1, 0.15) is 17.0 Å². The van der Waals surface area contributed by atoms with Crippen molar-refractivity contribution in [2.75, 3.05) is 18.5 Å². The number of fused-ring (bicyclic) bond motifs is 1. The van der Waals surface area contributed by atoms with Crippen LogP contribution < -0.4 is 5.32 Å². The number of rotatable bonds is 5. The van der Waals surface area contributed by atoms with Crippen molar-refractivity contribution in [3.63, 3.8) is 0 Å². The molecule has 0 unspecified atom stereocenters. The van der Waals surface area contributed by atoms with Crippen LogP contribution in [0.15, 0.2) is 17.8 Å². The molecule has 2 atom stereocenters. The number of thiophene rings is 1. The third-order valence-electron chi connectivity index (χ3n) is 4.02. The first kappa shape index (κ1) is 13.8. The Balaban J connectivity index is 1.49. The fourth-order valence-electron chi connectivity index (χ4n) is 2.84. The van der Waals surface area contributed by atoms with Crippen LogP contribution in [0.4, 0.5) is 5.82 Å². The van der Waals surface area contributed by atoms with E-state index in [-0.39, 0.29) is 0 Å². The molecule has 5 heteroatoms. The van der Waals surface area contributed by atoms with Gasteiger partial charge in [0.15, 0.2) is 0 Å². The van der Waals surface area contributed by atoms with Gasteiger partial charge in [-0.3, -0.25) is 0 Å². The molecule has 0 amide bonds. The summed E-state index contributed by atoms with van der Waals surface area (Å²) in [6.45, 7) is 3.84. The second kappa shape index (κ2) is 6.50. The van der Waals surface area contributed by atoms with Gasteiger partial charge in [0.25, 0.3) is 0 Å². The molecule has 3 rings (SSSR count). The van der Waals surface area contributed by atoms with E-state index in [9.17, 15) is 0 Å². The van der Waals surface area contributed by atoms with Crippen LogP contribution in [0, 0.1) is 5.92 Å². The van der Waals surface area contributed by atoms with Crippen LogP contribution in [0.2, 0.25) is 0 Å². The first-order valence-corrected chi connectivity index (χ1v) is 8.26. The Kier molecular flexibility index (Phi) is 4.47. The molecule has 1 aliphatic carbocycles. The van der Waals surface area contributed by atoms with E-state index in [0.717, 1.165) is 29.2 Å². The van der Waals surface area contributed by atoms with E-state index in [1.54, 1.807) is 17.7 Å². The van der Waals surface area contributed by atoms with Gasteiger partial charge in [0.2, 0.25) is 0 Å². The van der Waals surface area contributed by atoms with Crippen LogP contribution >= 0.6 is 11.3 Å². The number of ether oxygens (including phenoxy) is 1. The smallest absolute Gasteiger partial charge is 0.138 e. The van der Waals surface area contributed by atoms with Crippen molar-refractivity contribution in [3.05, 3.63) is 17.8 Å². The average molecular weight is 291 g/mol. The summed E-state index contributed by atoms with van der Waals surface area (Å²) in [5.74, 6) is 1.61. The summed E-state index contributed by atoms with van der Waals surface area (Å²) in [7, 11) is 0. The van der Waals surface area contributed by atoms with Crippen molar-refractivity contribution >= 4 is 27.4 Å². The predicted molar refractivity (Wildman–Crippen MR) is 83.3 cm³/mol. The highest BCUT2D eigenvalue weighted by molar-refractivity contribution is 7.16. The molecule has 0 bridgehead atoms. The second-order valence-corrected chi connectivity index (χ2v) is 6.35. The maximum atomic E-state index is 6.01. The van der Waals surface area contributed by atoms with E-state index in [4.69, 9.17) is 4.74 Å². The number of nitrogens with one attached hydrogen (secondary N) is 1. The maximum absolute atomic E-state index is 6.01. The average Bonchev–Trinajstić information content (AvgIpc) is 2.94. The largest absolute Gasteiger partial charge is 0.376 e. The second-order valence-electron chi connectivity index (χ2n) is 5.46.